The van der Waals surface area contributed by atoms with Crippen LogP contribution in [0.5, 0.6) is 0 Å². The number of allylic oxidation sites excluding steroid dienone is 4. The predicted octanol–water partition coefficient (Wildman–Crippen LogP) is 17.2. The molecule has 0 amide bonds. The summed E-state index contributed by atoms with van der Waals surface area (Å²) in [5, 5.41) is 0. The van der Waals surface area contributed by atoms with Gasteiger partial charge >= 0.3 is 385 Å². The summed E-state index contributed by atoms with van der Waals surface area (Å²) < 4.78 is 3.82. The molecule has 0 saturated carbocycles. The molecule has 0 aliphatic heterocycles. The van der Waals surface area contributed by atoms with Crippen molar-refractivity contribution in [1.82, 2.24) is 0 Å². The number of fused-ring (bicyclic) bond motifs is 3. The number of hydrogen-bond acceptors (Lipinski definition) is 0. The van der Waals surface area contributed by atoms with Gasteiger partial charge in [-0.05, 0) is 0 Å². The molecule has 8 rings (SSSR count). The molecule has 64 heavy (non-hydrogen) atoms. The van der Waals surface area contributed by atoms with Gasteiger partial charge in [0.05, 0.1) is 0 Å². The molecule has 332 valence electrons. The summed E-state index contributed by atoms with van der Waals surface area (Å²) in [4.78, 5) is 0. The van der Waals surface area contributed by atoms with Crippen LogP contribution in [-0.2, 0) is 55.8 Å². The molecule has 2 aliphatic rings. The fraction of sp³-hybridized carbons (Fsp3) is 0.328. The second kappa shape index (κ2) is 19.2. The number of benzene rings is 6. The van der Waals surface area contributed by atoms with Crippen molar-refractivity contribution in [3.8, 4) is 33.4 Å². The summed E-state index contributed by atoms with van der Waals surface area (Å²) >= 11 is -2.85. The van der Waals surface area contributed by atoms with E-state index in [-0.39, 0.29) is 46.5 Å². The Morgan fingerprint density at radius 1 is 0.469 bits per heavy atom. The molecule has 0 aromatic heterocycles. The van der Waals surface area contributed by atoms with Crippen LogP contribution in [0.2, 0.25) is 0 Å². The second-order valence-electron chi connectivity index (χ2n) is 22.2. The van der Waals surface area contributed by atoms with Crippen molar-refractivity contribution in [3.05, 3.63) is 199 Å². The fourth-order valence-electron chi connectivity index (χ4n) is 9.87. The zero-order chi connectivity index (χ0) is 44.2. The maximum atomic E-state index is 2.69. The standard InChI is InChI=1S/C41H49.C15H14.C5H5.2ClH.Zr/c1-38(2,3)30-17-13-26(14-18-30)34-22-28-21-29-23-35(27-15-19-31(20-16-27)39(4,5)6)37(41(10,11)12)25-33(29)32(28)24-36(34)40(7,8)9;1-3-8-14(9-4-1)12-7-13-15-10-5-2-6-11-15;1-2-4-5-3-1;;;/h13-25H,1-12H3;1-6,8-11H,12-13H2;1-3H,4H2;2*1H;. The zero-order valence-corrected chi connectivity index (χ0v) is 44.5. The Morgan fingerprint density at radius 2 is 0.859 bits per heavy atom. The van der Waals surface area contributed by atoms with Crippen molar-refractivity contribution in [1.29, 1.82) is 0 Å². The second-order valence-corrected chi connectivity index (χ2v) is 29.0. The van der Waals surface area contributed by atoms with E-state index in [9.17, 15) is 0 Å². The SMILES string of the molecule is CC(C)(C)c1ccc(-c2cc3c(cc2C(C)(C)C)-c2cc(C(C)(C)C)c(-c4ccc(C(C)(C)C)cc4)cc2[CH]3[Zr]([C]2=CC=CC2)=[C](Cc2ccccc2)Cc2ccccc2)cc1.Cl.Cl. The molecule has 2 aliphatic carbocycles. The topological polar surface area (TPSA) is 0 Å². The van der Waals surface area contributed by atoms with E-state index in [1.54, 1.807) is 17.6 Å². The van der Waals surface area contributed by atoms with E-state index >= 15 is 0 Å². The first-order chi connectivity index (χ1) is 29.3. The number of hydrogen-bond donors (Lipinski definition) is 0. The van der Waals surface area contributed by atoms with Gasteiger partial charge in [0.25, 0.3) is 0 Å². The van der Waals surface area contributed by atoms with Crippen LogP contribution in [0.1, 0.15) is 138 Å². The molecule has 0 heterocycles. The third kappa shape index (κ3) is 10.4. The molecule has 0 atom stereocenters. The van der Waals surface area contributed by atoms with E-state index in [4.69, 9.17) is 0 Å². The van der Waals surface area contributed by atoms with Gasteiger partial charge in [-0.15, -0.1) is 24.8 Å². The van der Waals surface area contributed by atoms with Crippen molar-refractivity contribution < 1.29 is 21.3 Å². The van der Waals surface area contributed by atoms with E-state index in [2.05, 4.69) is 235 Å². The van der Waals surface area contributed by atoms with Crippen molar-refractivity contribution in [3.63, 3.8) is 0 Å². The normalized spacial score (nSPS) is 13.7. The minimum absolute atomic E-state index is 0. The van der Waals surface area contributed by atoms with Crippen LogP contribution in [0, 0.1) is 0 Å². The van der Waals surface area contributed by atoms with Gasteiger partial charge in [-0.1, -0.05) is 0 Å². The van der Waals surface area contributed by atoms with E-state index in [1.807, 2.05) is 0 Å². The van der Waals surface area contributed by atoms with Gasteiger partial charge in [-0.3, -0.25) is 0 Å². The summed E-state index contributed by atoms with van der Waals surface area (Å²) in [6.45, 7) is 28.3. The molecule has 6 aromatic rings. The van der Waals surface area contributed by atoms with Crippen molar-refractivity contribution in [2.24, 2.45) is 0 Å². The van der Waals surface area contributed by atoms with Crippen LogP contribution in [0.3, 0.4) is 0 Å². The van der Waals surface area contributed by atoms with Gasteiger partial charge in [-0.2, -0.15) is 0 Å². The first kappa shape index (κ1) is 49.6. The Kier molecular flexibility index (Phi) is 14.8. The molecule has 0 radical (unpaired) electrons. The first-order valence-electron chi connectivity index (χ1n) is 23.0. The van der Waals surface area contributed by atoms with Crippen LogP contribution in [0.15, 0.2) is 155 Å². The molecular weight excluding hydrogens is 895 g/mol. The predicted molar refractivity (Wildman–Crippen MR) is 281 cm³/mol. The summed E-state index contributed by atoms with van der Waals surface area (Å²) in [5.74, 6) is 0. The first-order valence-corrected chi connectivity index (χ1v) is 26.9. The Balaban J connectivity index is 0.00000340. The smallest absolute Gasteiger partial charge is 0.147 e. The van der Waals surface area contributed by atoms with Crippen LogP contribution < -0.4 is 0 Å². The van der Waals surface area contributed by atoms with E-state index < -0.39 is 21.3 Å². The summed E-state index contributed by atoms with van der Waals surface area (Å²) in [6, 6.07) is 52.4. The summed E-state index contributed by atoms with van der Waals surface area (Å²) in [6.07, 6.45) is 10.4. The Bertz CT molecular complexity index is 2520. The van der Waals surface area contributed by atoms with Crippen LogP contribution in [0.4, 0.5) is 0 Å². The van der Waals surface area contributed by atoms with E-state index in [1.165, 1.54) is 66.8 Å². The van der Waals surface area contributed by atoms with Gasteiger partial charge in [0, 0.05) is 0 Å². The number of rotatable bonds is 8. The van der Waals surface area contributed by atoms with Crippen LogP contribution >= 0.6 is 24.8 Å². The zero-order valence-electron chi connectivity index (χ0n) is 40.4. The minimum atomic E-state index is -2.85. The largest absolute Gasteiger partial charge is 0.147 e. The summed E-state index contributed by atoms with van der Waals surface area (Å²) in [5.41, 5.74) is 19.9. The molecule has 0 saturated heterocycles. The third-order valence-corrected chi connectivity index (χ3v) is 21.6. The van der Waals surface area contributed by atoms with Crippen molar-refractivity contribution in [2.75, 3.05) is 0 Å². The maximum absolute atomic E-state index is 2.85. The Hall–Kier alpha value is -3.87. The number of halogens is 2. The van der Waals surface area contributed by atoms with Crippen LogP contribution in [-0.4, -0.2) is 3.21 Å². The molecule has 0 N–H and O–H groups in total. The third-order valence-electron chi connectivity index (χ3n) is 13.3. The van der Waals surface area contributed by atoms with Gasteiger partial charge in [-0.25, -0.2) is 0 Å². The molecule has 0 spiro atoms. The quantitative estimate of drug-likeness (QED) is 0.143. The maximum Gasteiger partial charge on any atom is -0.147 e. The van der Waals surface area contributed by atoms with Gasteiger partial charge < -0.3 is 0 Å². The minimum Gasteiger partial charge on any atom is -0.147 e. The molecule has 3 heteroatoms. The van der Waals surface area contributed by atoms with E-state index in [0.29, 0.717) is 3.63 Å². The Morgan fingerprint density at radius 3 is 1.19 bits per heavy atom. The summed E-state index contributed by atoms with van der Waals surface area (Å²) in [7, 11) is 0. The molecule has 0 fully saturated rings. The van der Waals surface area contributed by atoms with E-state index in [0.717, 1.165) is 19.3 Å². The molecule has 0 unspecified atom stereocenters. The molecule has 0 bridgehead atoms. The monoisotopic (exact) mass is 962 g/mol. The van der Waals surface area contributed by atoms with Gasteiger partial charge in [0.15, 0.2) is 0 Å². The Labute approximate surface area is 406 Å². The van der Waals surface area contributed by atoms with Crippen molar-refractivity contribution in [2.45, 2.75) is 128 Å². The molecular formula is C61H70Cl2Zr. The molecule has 6 aromatic carbocycles. The average Bonchev–Trinajstić information content (AvgIpc) is 3.86. The average molecular weight is 965 g/mol. The van der Waals surface area contributed by atoms with Crippen molar-refractivity contribution >= 4 is 28.0 Å². The molecule has 0 nitrogen and oxygen atoms in total. The fourth-order valence-corrected chi connectivity index (χ4v) is 19.1. The van der Waals surface area contributed by atoms with Gasteiger partial charge in [0.2, 0.25) is 0 Å². The van der Waals surface area contributed by atoms with Gasteiger partial charge in [0.1, 0.15) is 0 Å². The van der Waals surface area contributed by atoms with Crippen LogP contribution in [0.25, 0.3) is 33.4 Å².